The second-order valence-corrected chi connectivity index (χ2v) is 8.79. The molecule has 1 saturated heterocycles. The van der Waals surface area contributed by atoms with Crippen LogP contribution in [0.5, 0.6) is 0 Å². The van der Waals surface area contributed by atoms with Crippen molar-refractivity contribution < 1.29 is 8.42 Å². The monoisotopic (exact) mass is 292 g/mol. The number of nitrogens with one attached hydrogen (secondary N) is 1. The molecule has 4 nitrogen and oxygen atoms in total. The van der Waals surface area contributed by atoms with Crippen molar-refractivity contribution in [2.24, 2.45) is 5.92 Å². The Morgan fingerprint density at radius 3 is 2.83 bits per heavy atom. The van der Waals surface area contributed by atoms with Crippen LogP contribution in [-0.4, -0.2) is 62.6 Å². The first-order chi connectivity index (χ1) is 8.52. The van der Waals surface area contributed by atoms with Crippen LogP contribution in [0.1, 0.15) is 19.3 Å². The van der Waals surface area contributed by atoms with E-state index in [1.807, 2.05) is 7.05 Å². The normalized spacial score (nSPS) is 34.9. The quantitative estimate of drug-likeness (QED) is 0.830. The Bertz CT molecular complexity index is 372. The Morgan fingerprint density at radius 2 is 2.17 bits per heavy atom. The number of rotatable bonds is 4. The van der Waals surface area contributed by atoms with Crippen LogP contribution in [0, 0.1) is 5.92 Å². The van der Waals surface area contributed by atoms with Crippen molar-refractivity contribution in [1.82, 2.24) is 10.2 Å². The van der Waals surface area contributed by atoms with E-state index in [0.29, 0.717) is 12.0 Å². The molecule has 0 aromatic carbocycles. The molecule has 18 heavy (non-hydrogen) atoms. The molecule has 106 valence electrons. The fourth-order valence-electron chi connectivity index (χ4n) is 3.16. The van der Waals surface area contributed by atoms with Crippen LogP contribution in [0.25, 0.3) is 0 Å². The SMILES string of the molecule is CNC1CCCC1CN1CCSCC1S(C)(=O)=O. The topological polar surface area (TPSA) is 49.4 Å². The van der Waals surface area contributed by atoms with E-state index in [1.165, 1.54) is 25.5 Å². The van der Waals surface area contributed by atoms with Crippen molar-refractivity contribution in [2.45, 2.75) is 30.7 Å². The number of hydrogen-bond acceptors (Lipinski definition) is 5. The van der Waals surface area contributed by atoms with Gasteiger partial charge < -0.3 is 5.32 Å². The number of nitrogens with zero attached hydrogens (tertiary/aromatic N) is 1. The lowest BCUT2D eigenvalue weighted by atomic mass is 10.0. The zero-order valence-electron chi connectivity index (χ0n) is 11.3. The summed E-state index contributed by atoms with van der Waals surface area (Å²) in [5.74, 6) is 2.40. The molecule has 2 fully saturated rings. The standard InChI is InChI=1S/C12H24N2O2S2/c1-13-11-5-3-4-10(11)8-14-6-7-17-9-12(14)18(2,15)16/h10-13H,3-9H2,1-2H3. The molecule has 0 radical (unpaired) electrons. The highest BCUT2D eigenvalue weighted by Gasteiger charge is 2.35. The first kappa shape index (κ1) is 14.6. The molecule has 0 amide bonds. The molecular formula is C12H24N2O2S2. The third kappa shape index (κ3) is 3.40. The molecule has 1 N–H and O–H groups in total. The zero-order chi connectivity index (χ0) is 13.2. The first-order valence-electron chi connectivity index (χ1n) is 6.70. The van der Waals surface area contributed by atoms with Crippen molar-refractivity contribution in [3.05, 3.63) is 0 Å². The lowest BCUT2D eigenvalue weighted by Gasteiger charge is -2.36. The third-order valence-corrected chi connectivity index (χ3v) is 6.87. The maximum atomic E-state index is 11.9. The predicted molar refractivity (Wildman–Crippen MR) is 77.7 cm³/mol. The maximum absolute atomic E-state index is 11.9. The van der Waals surface area contributed by atoms with Crippen LogP contribution >= 0.6 is 11.8 Å². The highest BCUT2D eigenvalue weighted by Crippen LogP contribution is 2.29. The zero-order valence-corrected chi connectivity index (χ0v) is 12.9. The highest BCUT2D eigenvalue weighted by molar-refractivity contribution is 8.00. The van der Waals surface area contributed by atoms with Gasteiger partial charge in [0.2, 0.25) is 0 Å². The van der Waals surface area contributed by atoms with Gasteiger partial charge in [0.05, 0.1) is 0 Å². The minimum Gasteiger partial charge on any atom is -0.317 e. The van der Waals surface area contributed by atoms with Gasteiger partial charge >= 0.3 is 0 Å². The molecule has 0 spiro atoms. The van der Waals surface area contributed by atoms with Crippen LogP contribution in [-0.2, 0) is 9.84 Å². The maximum Gasteiger partial charge on any atom is 0.164 e. The Balaban J connectivity index is 2.01. The molecule has 2 rings (SSSR count). The van der Waals surface area contributed by atoms with Gasteiger partial charge in [-0.15, -0.1) is 0 Å². The minimum atomic E-state index is -2.96. The molecule has 0 aromatic rings. The Morgan fingerprint density at radius 1 is 1.39 bits per heavy atom. The van der Waals surface area contributed by atoms with E-state index in [-0.39, 0.29) is 5.37 Å². The van der Waals surface area contributed by atoms with Crippen molar-refractivity contribution in [1.29, 1.82) is 0 Å². The molecule has 1 aliphatic carbocycles. The fraction of sp³-hybridized carbons (Fsp3) is 1.00. The van der Waals surface area contributed by atoms with Crippen molar-refractivity contribution in [2.75, 3.05) is 37.9 Å². The minimum absolute atomic E-state index is 0.269. The van der Waals surface area contributed by atoms with Crippen molar-refractivity contribution in [3.63, 3.8) is 0 Å². The summed E-state index contributed by atoms with van der Waals surface area (Å²) in [5.41, 5.74) is 0. The molecule has 2 aliphatic rings. The number of hydrogen-bond donors (Lipinski definition) is 1. The van der Waals surface area contributed by atoms with E-state index in [9.17, 15) is 8.42 Å². The van der Waals surface area contributed by atoms with Gasteiger partial charge in [-0.1, -0.05) is 6.42 Å². The average Bonchev–Trinajstić information content (AvgIpc) is 2.75. The van der Waals surface area contributed by atoms with Crippen molar-refractivity contribution >= 4 is 21.6 Å². The van der Waals surface area contributed by atoms with E-state index in [0.717, 1.165) is 24.6 Å². The van der Waals surface area contributed by atoms with Crippen LogP contribution < -0.4 is 5.32 Å². The van der Waals surface area contributed by atoms with Gasteiger partial charge in [0.25, 0.3) is 0 Å². The smallest absolute Gasteiger partial charge is 0.164 e. The summed E-state index contributed by atoms with van der Waals surface area (Å²) in [6.45, 7) is 1.85. The van der Waals surface area contributed by atoms with Crippen LogP contribution in [0.2, 0.25) is 0 Å². The van der Waals surface area contributed by atoms with Gasteiger partial charge in [0, 0.05) is 36.9 Å². The second kappa shape index (κ2) is 6.11. The van der Waals surface area contributed by atoms with Crippen molar-refractivity contribution in [3.8, 4) is 0 Å². The molecule has 0 bridgehead atoms. The molecule has 3 unspecified atom stereocenters. The lowest BCUT2D eigenvalue weighted by molar-refractivity contribution is 0.213. The summed E-state index contributed by atoms with van der Waals surface area (Å²) in [4.78, 5) is 2.20. The van der Waals surface area contributed by atoms with Gasteiger partial charge in [-0.2, -0.15) is 11.8 Å². The van der Waals surface area contributed by atoms with E-state index in [4.69, 9.17) is 0 Å². The predicted octanol–water partition coefficient (Wildman–Crippen LogP) is 0.794. The molecule has 1 heterocycles. The Labute approximate surface area is 115 Å². The van der Waals surface area contributed by atoms with Crippen LogP contribution in [0.3, 0.4) is 0 Å². The van der Waals surface area contributed by atoms with Gasteiger partial charge in [-0.3, -0.25) is 4.90 Å². The average molecular weight is 292 g/mol. The first-order valence-corrected chi connectivity index (χ1v) is 9.81. The Hall–Kier alpha value is 0.220. The van der Waals surface area contributed by atoms with E-state index in [1.54, 1.807) is 11.8 Å². The van der Waals surface area contributed by atoms with E-state index >= 15 is 0 Å². The lowest BCUT2D eigenvalue weighted by Crippen LogP contribution is -2.50. The summed E-state index contributed by atoms with van der Waals surface area (Å²) < 4.78 is 23.7. The molecular weight excluding hydrogens is 268 g/mol. The molecule has 1 aliphatic heterocycles. The van der Waals surface area contributed by atoms with Gasteiger partial charge in [0.15, 0.2) is 9.84 Å². The van der Waals surface area contributed by atoms with E-state index < -0.39 is 9.84 Å². The molecule has 1 saturated carbocycles. The summed E-state index contributed by atoms with van der Waals surface area (Å²) in [7, 11) is -0.939. The summed E-state index contributed by atoms with van der Waals surface area (Å²) in [6, 6.07) is 0.569. The van der Waals surface area contributed by atoms with Gasteiger partial charge in [0.1, 0.15) is 5.37 Å². The molecule has 3 atom stereocenters. The fourth-order valence-corrected chi connectivity index (χ4v) is 6.11. The van der Waals surface area contributed by atoms with Crippen LogP contribution in [0.15, 0.2) is 0 Å². The summed E-state index contributed by atoms with van der Waals surface area (Å²) in [6.07, 6.45) is 5.10. The summed E-state index contributed by atoms with van der Waals surface area (Å²) >= 11 is 1.76. The molecule has 6 heteroatoms. The number of sulfone groups is 1. The highest BCUT2D eigenvalue weighted by atomic mass is 32.2. The Kier molecular flexibility index (Phi) is 4.97. The largest absolute Gasteiger partial charge is 0.317 e. The second-order valence-electron chi connectivity index (χ2n) is 5.44. The molecule has 0 aromatic heterocycles. The van der Waals surface area contributed by atoms with Gasteiger partial charge in [-0.25, -0.2) is 8.42 Å². The van der Waals surface area contributed by atoms with E-state index in [2.05, 4.69) is 10.2 Å². The van der Waals surface area contributed by atoms with Crippen LogP contribution in [0.4, 0.5) is 0 Å². The van der Waals surface area contributed by atoms with Gasteiger partial charge in [-0.05, 0) is 25.8 Å². The third-order valence-electron chi connectivity index (χ3n) is 4.18. The summed E-state index contributed by atoms with van der Waals surface area (Å²) in [5, 5.41) is 3.11. The number of thioether (sulfide) groups is 1.